The summed E-state index contributed by atoms with van der Waals surface area (Å²) in [4.78, 5) is 4.15. The molecule has 5 nitrogen and oxygen atoms in total. The van der Waals surface area contributed by atoms with Crippen molar-refractivity contribution in [1.82, 2.24) is 20.1 Å². The summed E-state index contributed by atoms with van der Waals surface area (Å²) in [6.07, 6.45) is 7.89. The van der Waals surface area contributed by atoms with Crippen molar-refractivity contribution in [2.75, 3.05) is 13.2 Å². The van der Waals surface area contributed by atoms with E-state index in [0.29, 0.717) is 0 Å². The number of aryl methyl sites for hydroxylation is 1. The van der Waals surface area contributed by atoms with Crippen LogP contribution in [-0.4, -0.2) is 33.0 Å². The van der Waals surface area contributed by atoms with E-state index in [9.17, 15) is 5.11 Å². The number of nitrogens with zero attached hydrogens (tertiary/aromatic N) is 3. The second-order valence-corrected chi connectivity index (χ2v) is 5.68. The van der Waals surface area contributed by atoms with Crippen LogP contribution in [0.3, 0.4) is 0 Å². The van der Waals surface area contributed by atoms with Gasteiger partial charge in [0, 0.05) is 61.9 Å². The molecule has 0 bridgehead atoms. The van der Waals surface area contributed by atoms with Gasteiger partial charge in [0.25, 0.3) is 0 Å². The van der Waals surface area contributed by atoms with Gasteiger partial charge in [0.2, 0.25) is 0 Å². The number of aliphatic hydroxyl groups is 1. The Kier molecular flexibility index (Phi) is 3.54. The third kappa shape index (κ3) is 2.73. The number of hydrogen-bond acceptors (Lipinski definition) is 4. The molecule has 0 amide bonds. The lowest BCUT2D eigenvalue weighted by Gasteiger charge is -2.12. The van der Waals surface area contributed by atoms with Gasteiger partial charge in [-0.1, -0.05) is 0 Å². The first-order valence-electron chi connectivity index (χ1n) is 6.97. The summed E-state index contributed by atoms with van der Waals surface area (Å²) in [5.41, 5.74) is 3.31. The molecule has 1 aliphatic rings. The van der Waals surface area contributed by atoms with Crippen LogP contribution in [0.1, 0.15) is 18.4 Å². The van der Waals surface area contributed by atoms with E-state index in [4.69, 9.17) is 0 Å². The zero-order valence-electron chi connectivity index (χ0n) is 11.7. The maximum absolute atomic E-state index is 9.33. The van der Waals surface area contributed by atoms with Gasteiger partial charge in [-0.15, -0.1) is 0 Å². The van der Waals surface area contributed by atoms with Crippen molar-refractivity contribution in [3.05, 3.63) is 36.3 Å². The predicted molar refractivity (Wildman–Crippen MR) is 76.9 cm³/mol. The van der Waals surface area contributed by atoms with Gasteiger partial charge in [0.1, 0.15) is 0 Å². The van der Waals surface area contributed by atoms with Crippen LogP contribution in [0.15, 0.2) is 30.7 Å². The number of aliphatic hydroxyl groups excluding tert-OH is 1. The summed E-state index contributed by atoms with van der Waals surface area (Å²) in [5, 5.41) is 17.3. The largest absolute Gasteiger partial charge is 0.396 e. The van der Waals surface area contributed by atoms with Gasteiger partial charge in [-0.25, -0.2) is 0 Å². The minimum atomic E-state index is 0.136. The van der Waals surface area contributed by atoms with Gasteiger partial charge < -0.3 is 10.4 Å². The highest BCUT2D eigenvalue weighted by molar-refractivity contribution is 5.61. The maximum Gasteiger partial charge on any atom is 0.0983 e. The molecule has 1 fully saturated rings. The lowest BCUT2D eigenvalue weighted by atomic mass is 10.1. The molecular weight excluding hydrogens is 252 g/mol. The Hall–Kier alpha value is -1.72. The molecule has 0 aromatic carbocycles. The summed E-state index contributed by atoms with van der Waals surface area (Å²) in [6, 6.07) is 3.95. The van der Waals surface area contributed by atoms with Crippen LogP contribution >= 0.6 is 0 Å². The van der Waals surface area contributed by atoms with Gasteiger partial charge in [0.15, 0.2) is 0 Å². The third-order valence-corrected chi connectivity index (χ3v) is 3.95. The van der Waals surface area contributed by atoms with Gasteiger partial charge in [-0.3, -0.25) is 9.67 Å². The average Bonchev–Trinajstić information content (AvgIpc) is 3.16. The van der Waals surface area contributed by atoms with Crippen LogP contribution in [0.25, 0.3) is 11.3 Å². The quantitative estimate of drug-likeness (QED) is 0.833. The number of hydrogen-bond donors (Lipinski definition) is 2. The Morgan fingerprint density at radius 2 is 2.30 bits per heavy atom. The molecule has 2 aromatic rings. The molecule has 20 heavy (non-hydrogen) atoms. The smallest absolute Gasteiger partial charge is 0.0983 e. The first-order valence-corrected chi connectivity index (χ1v) is 6.97. The van der Waals surface area contributed by atoms with E-state index >= 15 is 0 Å². The summed E-state index contributed by atoms with van der Waals surface area (Å²) < 4.78 is 1.83. The van der Waals surface area contributed by atoms with Crippen molar-refractivity contribution in [3.8, 4) is 11.3 Å². The van der Waals surface area contributed by atoms with Crippen molar-refractivity contribution < 1.29 is 5.11 Å². The topological polar surface area (TPSA) is 63.0 Å². The van der Waals surface area contributed by atoms with Crippen LogP contribution in [0.5, 0.6) is 0 Å². The molecule has 1 aliphatic carbocycles. The first kappa shape index (κ1) is 13.3. The molecule has 2 heterocycles. The Labute approximate surface area is 118 Å². The molecule has 2 N–H and O–H groups in total. The molecule has 106 valence electrons. The minimum Gasteiger partial charge on any atom is -0.396 e. The molecule has 5 heteroatoms. The summed E-state index contributed by atoms with van der Waals surface area (Å²) in [6.45, 7) is 1.91. The molecular formula is C15H20N4O. The molecule has 0 atom stereocenters. The van der Waals surface area contributed by atoms with Crippen LogP contribution in [0.2, 0.25) is 0 Å². The fourth-order valence-corrected chi connectivity index (χ4v) is 2.44. The van der Waals surface area contributed by atoms with Crippen molar-refractivity contribution in [3.63, 3.8) is 0 Å². The standard InChI is InChI=1S/C15H20N4O/c1-19-9-13(8-17-10-15(11-20)4-5-15)14(18-19)12-3-2-6-16-7-12/h2-3,6-7,9,17,20H,4-5,8,10-11H2,1H3. The maximum atomic E-state index is 9.33. The van der Waals surface area contributed by atoms with E-state index in [0.717, 1.165) is 42.8 Å². The highest BCUT2D eigenvalue weighted by Gasteiger charge is 2.41. The number of aromatic nitrogens is 3. The third-order valence-electron chi connectivity index (χ3n) is 3.95. The van der Waals surface area contributed by atoms with Crippen molar-refractivity contribution in [2.45, 2.75) is 19.4 Å². The monoisotopic (exact) mass is 272 g/mol. The zero-order chi connectivity index (χ0) is 14.0. The van der Waals surface area contributed by atoms with Crippen LogP contribution in [0.4, 0.5) is 0 Å². The molecule has 3 rings (SSSR count). The Morgan fingerprint density at radius 1 is 1.45 bits per heavy atom. The van der Waals surface area contributed by atoms with Gasteiger partial charge in [-0.05, 0) is 25.0 Å². The summed E-state index contributed by atoms with van der Waals surface area (Å²) in [7, 11) is 1.93. The van der Waals surface area contributed by atoms with E-state index in [-0.39, 0.29) is 12.0 Å². The van der Waals surface area contributed by atoms with Gasteiger partial charge >= 0.3 is 0 Å². The molecule has 0 aliphatic heterocycles. The van der Waals surface area contributed by atoms with E-state index in [1.807, 2.05) is 36.3 Å². The number of nitrogens with one attached hydrogen (secondary N) is 1. The SMILES string of the molecule is Cn1cc(CNCC2(CO)CC2)c(-c2cccnc2)n1. The van der Waals surface area contributed by atoms with E-state index in [1.54, 1.807) is 6.20 Å². The first-order chi connectivity index (χ1) is 9.72. The summed E-state index contributed by atoms with van der Waals surface area (Å²) >= 11 is 0. The Balaban J connectivity index is 1.70. The second-order valence-electron chi connectivity index (χ2n) is 5.68. The lowest BCUT2D eigenvalue weighted by molar-refractivity contribution is 0.207. The highest BCUT2D eigenvalue weighted by Crippen LogP contribution is 2.44. The van der Waals surface area contributed by atoms with E-state index in [1.165, 1.54) is 0 Å². The van der Waals surface area contributed by atoms with Crippen molar-refractivity contribution >= 4 is 0 Å². The minimum absolute atomic E-state index is 0.136. The van der Waals surface area contributed by atoms with Crippen molar-refractivity contribution in [2.24, 2.45) is 12.5 Å². The highest BCUT2D eigenvalue weighted by atomic mass is 16.3. The molecule has 1 saturated carbocycles. The fourth-order valence-electron chi connectivity index (χ4n) is 2.44. The molecule has 0 saturated heterocycles. The Bertz CT molecular complexity index is 575. The van der Waals surface area contributed by atoms with Crippen molar-refractivity contribution in [1.29, 1.82) is 0 Å². The fraction of sp³-hybridized carbons (Fsp3) is 0.467. The van der Waals surface area contributed by atoms with Crippen LogP contribution < -0.4 is 5.32 Å². The average molecular weight is 272 g/mol. The molecule has 0 unspecified atom stereocenters. The van der Waals surface area contributed by atoms with E-state index in [2.05, 4.69) is 15.4 Å². The number of rotatable bonds is 6. The summed E-state index contributed by atoms with van der Waals surface area (Å²) in [5.74, 6) is 0. The van der Waals surface area contributed by atoms with Crippen LogP contribution in [0, 0.1) is 5.41 Å². The number of pyridine rings is 1. The Morgan fingerprint density at radius 3 is 2.95 bits per heavy atom. The van der Waals surface area contributed by atoms with Gasteiger partial charge in [0.05, 0.1) is 5.69 Å². The predicted octanol–water partition coefficient (Wildman–Crippen LogP) is 1.34. The normalized spacial score (nSPS) is 16.3. The molecule has 0 radical (unpaired) electrons. The van der Waals surface area contributed by atoms with Gasteiger partial charge in [-0.2, -0.15) is 5.10 Å². The molecule has 0 spiro atoms. The zero-order valence-corrected chi connectivity index (χ0v) is 11.7. The lowest BCUT2D eigenvalue weighted by Crippen LogP contribution is -2.26. The molecule has 2 aromatic heterocycles. The van der Waals surface area contributed by atoms with E-state index < -0.39 is 0 Å². The van der Waals surface area contributed by atoms with Crippen LogP contribution in [-0.2, 0) is 13.6 Å². The second kappa shape index (κ2) is 5.34.